The normalized spacial score (nSPS) is 13.0. The van der Waals surface area contributed by atoms with Crippen LogP contribution in [0.2, 0.25) is 0 Å². The summed E-state index contributed by atoms with van der Waals surface area (Å²) < 4.78 is 6.01. The number of nitriles is 2. The maximum Gasteiger partial charge on any atom is 0.137 e. The van der Waals surface area contributed by atoms with Crippen LogP contribution in [0, 0.1) is 22.7 Å². The topological polar surface area (TPSA) is 104 Å². The number of rotatable bonds is 10. The standard InChI is InChI=1S/C30H30N4O3/c1-33(15-17-35)27-9-3-23(4-10-27)7-13-29-19-25(26(21-31)22-32)20-30(37-29)14-8-24-5-11-28(12-6-24)34(2)16-18-36/h3-14,19-20,35-36H,15-18H2,1-2H3/b13-7+,14-8+. The lowest BCUT2D eigenvalue weighted by Gasteiger charge is -2.18. The summed E-state index contributed by atoms with van der Waals surface area (Å²) in [6.07, 6.45) is 10.7. The Bertz CT molecular complexity index is 1210. The largest absolute Gasteiger partial charge is 0.457 e. The van der Waals surface area contributed by atoms with E-state index in [-0.39, 0.29) is 18.8 Å². The van der Waals surface area contributed by atoms with Crippen molar-refractivity contribution in [2.24, 2.45) is 0 Å². The highest BCUT2D eigenvalue weighted by Gasteiger charge is 2.12. The van der Waals surface area contributed by atoms with Crippen molar-refractivity contribution in [3.63, 3.8) is 0 Å². The van der Waals surface area contributed by atoms with E-state index in [0.29, 0.717) is 30.2 Å². The predicted molar refractivity (Wildman–Crippen MR) is 147 cm³/mol. The van der Waals surface area contributed by atoms with Crippen LogP contribution in [0.15, 0.2) is 95.5 Å². The molecule has 1 aliphatic rings. The maximum absolute atomic E-state index is 9.38. The number of anilines is 2. The Morgan fingerprint density at radius 3 is 1.49 bits per heavy atom. The van der Waals surface area contributed by atoms with Gasteiger partial charge < -0.3 is 24.7 Å². The molecule has 188 valence electrons. The Morgan fingerprint density at radius 1 is 0.730 bits per heavy atom. The summed E-state index contributed by atoms with van der Waals surface area (Å²) in [7, 11) is 3.84. The molecule has 0 radical (unpaired) electrons. The van der Waals surface area contributed by atoms with Crippen LogP contribution in [-0.4, -0.2) is 50.6 Å². The minimum absolute atomic E-state index is 0.00708. The molecule has 0 fully saturated rings. The second-order valence-corrected chi connectivity index (χ2v) is 8.39. The third kappa shape index (κ3) is 7.71. The van der Waals surface area contributed by atoms with Crippen LogP contribution in [0.25, 0.3) is 12.2 Å². The Kier molecular flexibility index (Phi) is 9.87. The lowest BCUT2D eigenvalue weighted by atomic mass is 10.1. The van der Waals surface area contributed by atoms with Crippen molar-refractivity contribution in [1.29, 1.82) is 10.5 Å². The van der Waals surface area contributed by atoms with Gasteiger partial charge in [0.05, 0.1) is 13.2 Å². The SMILES string of the molecule is CN(CCO)c1ccc(/C=C/C2=CC(=C(C#N)C#N)C=C(/C=C/c3ccc(N(C)CCO)cc3)O2)cc1. The highest BCUT2D eigenvalue weighted by Crippen LogP contribution is 2.25. The zero-order valence-electron chi connectivity index (χ0n) is 21.0. The number of hydrogen-bond acceptors (Lipinski definition) is 7. The van der Waals surface area contributed by atoms with Crippen molar-refractivity contribution >= 4 is 23.5 Å². The van der Waals surface area contributed by atoms with Crippen LogP contribution in [0.5, 0.6) is 0 Å². The second-order valence-electron chi connectivity index (χ2n) is 8.39. The second kappa shape index (κ2) is 13.5. The Labute approximate surface area is 218 Å². The summed E-state index contributed by atoms with van der Waals surface area (Å²) in [6.45, 7) is 1.28. The van der Waals surface area contributed by atoms with Crippen molar-refractivity contribution in [1.82, 2.24) is 0 Å². The van der Waals surface area contributed by atoms with Crippen LogP contribution in [-0.2, 0) is 4.74 Å². The van der Waals surface area contributed by atoms with E-state index < -0.39 is 0 Å². The van der Waals surface area contributed by atoms with E-state index in [9.17, 15) is 10.5 Å². The number of aliphatic hydroxyl groups excluding tert-OH is 2. The van der Waals surface area contributed by atoms with Crippen LogP contribution in [0.1, 0.15) is 11.1 Å². The van der Waals surface area contributed by atoms with Crippen molar-refractivity contribution in [3.8, 4) is 12.1 Å². The summed E-state index contributed by atoms with van der Waals surface area (Å²) in [5.74, 6) is 1.00. The van der Waals surface area contributed by atoms with Gasteiger partial charge in [0.2, 0.25) is 0 Å². The Balaban J connectivity index is 1.79. The van der Waals surface area contributed by atoms with E-state index in [1.54, 1.807) is 24.3 Å². The van der Waals surface area contributed by atoms with Gasteiger partial charge in [0.1, 0.15) is 29.2 Å². The highest BCUT2D eigenvalue weighted by atomic mass is 16.5. The molecule has 3 rings (SSSR count). The molecule has 0 spiro atoms. The minimum Gasteiger partial charge on any atom is -0.457 e. The number of allylic oxidation sites excluding steroid dienone is 6. The third-order valence-corrected chi connectivity index (χ3v) is 5.76. The van der Waals surface area contributed by atoms with Crippen molar-refractivity contribution in [2.75, 3.05) is 50.2 Å². The molecule has 0 unspecified atom stereocenters. The first kappa shape index (κ1) is 27.0. The molecule has 37 heavy (non-hydrogen) atoms. The van der Waals surface area contributed by atoms with Crippen LogP contribution >= 0.6 is 0 Å². The molecule has 0 atom stereocenters. The first-order chi connectivity index (χ1) is 18.0. The van der Waals surface area contributed by atoms with Gasteiger partial charge in [-0.2, -0.15) is 10.5 Å². The summed E-state index contributed by atoms with van der Waals surface area (Å²) in [4.78, 5) is 3.93. The predicted octanol–water partition coefficient (Wildman–Crippen LogP) is 4.41. The summed E-state index contributed by atoms with van der Waals surface area (Å²) in [5.41, 5.74) is 4.40. The van der Waals surface area contributed by atoms with Gasteiger partial charge in [0.15, 0.2) is 0 Å². The van der Waals surface area contributed by atoms with E-state index in [1.807, 2.05) is 96.7 Å². The van der Waals surface area contributed by atoms with Gasteiger partial charge in [-0.1, -0.05) is 36.4 Å². The molecule has 7 heteroatoms. The quantitative estimate of drug-likeness (QED) is 0.472. The van der Waals surface area contributed by atoms with Gasteiger partial charge in [-0.3, -0.25) is 0 Å². The van der Waals surface area contributed by atoms with E-state index in [0.717, 1.165) is 22.5 Å². The molecular formula is C30H30N4O3. The van der Waals surface area contributed by atoms with E-state index in [1.165, 1.54) is 0 Å². The number of aliphatic hydroxyl groups is 2. The minimum atomic E-state index is 0.00708. The molecular weight excluding hydrogens is 464 g/mol. The molecule has 2 N–H and O–H groups in total. The van der Waals surface area contributed by atoms with Gasteiger partial charge in [0.25, 0.3) is 0 Å². The van der Waals surface area contributed by atoms with Gasteiger partial charge in [0, 0.05) is 44.1 Å². The fraction of sp³-hybridized carbons (Fsp3) is 0.200. The zero-order valence-corrected chi connectivity index (χ0v) is 21.0. The van der Waals surface area contributed by atoms with Crippen molar-refractivity contribution in [2.45, 2.75) is 0 Å². The first-order valence-electron chi connectivity index (χ1n) is 11.8. The molecule has 0 aliphatic carbocycles. The lowest BCUT2D eigenvalue weighted by molar-refractivity contribution is 0.304. The van der Waals surface area contributed by atoms with Crippen molar-refractivity contribution in [3.05, 3.63) is 107 Å². The molecule has 0 aromatic heterocycles. The Morgan fingerprint density at radius 2 is 1.14 bits per heavy atom. The summed E-state index contributed by atoms with van der Waals surface area (Å²) >= 11 is 0. The first-order valence-corrected chi connectivity index (χ1v) is 11.8. The molecule has 0 saturated heterocycles. The molecule has 1 heterocycles. The third-order valence-electron chi connectivity index (χ3n) is 5.76. The van der Waals surface area contributed by atoms with Gasteiger partial charge >= 0.3 is 0 Å². The average Bonchev–Trinajstić information content (AvgIpc) is 2.92. The highest BCUT2D eigenvalue weighted by molar-refractivity contribution is 5.62. The van der Waals surface area contributed by atoms with E-state index in [2.05, 4.69) is 0 Å². The fourth-order valence-electron chi connectivity index (χ4n) is 3.60. The zero-order chi connectivity index (χ0) is 26.6. The molecule has 0 bridgehead atoms. The van der Waals surface area contributed by atoms with E-state index in [4.69, 9.17) is 14.9 Å². The monoisotopic (exact) mass is 494 g/mol. The number of nitrogens with zero attached hydrogens (tertiary/aromatic N) is 4. The molecule has 0 saturated carbocycles. The maximum atomic E-state index is 9.38. The molecule has 1 aliphatic heterocycles. The molecule has 7 nitrogen and oxygen atoms in total. The van der Waals surface area contributed by atoms with Crippen LogP contribution < -0.4 is 9.80 Å². The number of likely N-dealkylation sites (N-methyl/N-ethyl adjacent to an activating group) is 2. The smallest absolute Gasteiger partial charge is 0.137 e. The Hall–Kier alpha value is -4.56. The van der Waals surface area contributed by atoms with Crippen molar-refractivity contribution < 1.29 is 14.9 Å². The van der Waals surface area contributed by atoms with Gasteiger partial charge in [-0.05, 0) is 59.7 Å². The van der Waals surface area contributed by atoms with Gasteiger partial charge in [-0.15, -0.1) is 0 Å². The summed E-state index contributed by atoms with van der Waals surface area (Å²) in [6, 6.07) is 19.6. The summed E-state index contributed by atoms with van der Waals surface area (Å²) in [5, 5.41) is 37.0. The molecule has 2 aromatic carbocycles. The van der Waals surface area contributed by atoms with E-state index >= 15 is 0 Å². The number of ether oxygens (including phenoxy) is 1. The van der Waals surface area contributed by atoms with Gasteiger partial charge in [-0.25, -0.2) is 0 Å². The lowest BCUT2D eigenvalue weighted by Crippen LogP contribution is -2.20. The number of hydrogen-bond donors (Lipinski definition) is 2. The average molecular weight is 495 g/mol. The fourth-order valence-corrected chi connectivity index (χ4v) is 3.60. The molecule has 2 aromatic rings. The molecule has 0 amide bonds. The number of benzene rings is 2. The van der Waals surface area contributed by atoms with Crippen LogP contribution in [0.3, 0.4) is 0 Å². The van der Waals surface area contributed by atoms with Crippen LogP contribution in [0.4, 0.5) is 11.4 Å².